The highest BCUT2D eigenvalue weighted by Crippen LogP contribution is 2.14. The van der Waals surface area contributed by atoms with Crippen molar-refractivity contribution in [2.45, 2.75) is 17.9 Å². The summed E-state index contributed by atoms with van der Waals surface area (Å²) in [6.07, 6.45) is 6.21. The maximum atomic E-state index is 11.1. The van der Waals surface area contributed by atoms with Crippen molar-refractivity contribution in [1.82, 2.24) is 9.55 Å². The normalized spacial score (nSPS) is 11.4. The molecule has 102 valence electrons. The second-order valence-electron chi connectivity index (χ2n) is 4.02. The lowest BCUT2D eigenvalue weighted by molar-refractivity contribution is 0.301. The van der Waals surface area contributed by atoms with Crippen LogP contribution in [0.1, 0.15) is 6.42 Å². The number of aryl methyl sites for hydroxylation is 1. The van der Waals surface area contributed by atoms with Crippen LogP contribution in [0.3, 0.4) is 0 Å². The third kappa shape index (κ3) is 4.08. The van der Waals surface area contributed by atoms with Crippen molar-refractivity contribution in [3.8, 4) is 5.75 Å². The van der Waals surface area contributed by atoms with Gasteiger partial charge in [0.05, 0.1) is 17.8 Å². The highest BCUT2D eigenvalue weighted by Gasteiger charge is 2.06. The van der Waals surface area contributed by atoms with Crippen molar-refractivity contribution >= 4 is 10.0 Å². The first-order valence-electron chi connectivity index (χ1n) is 5.77. The highest BCUT2D eigenvalue weighted by molar-refractivity contribution is 7.89. The van der Waals surface area contributed by atoms with Gasteiger partial charge in [0.1, 0.15) is 5.75 Å². The molecule has 1 aromatic heterocycles. The average molecular weight is 281 g/mol. The van der Waals surface area contributed by atoms with E-state index in [0.717, 1.165) is 13.0 Å². The molecule has 0 aliphatic heterocycles. The lowest BCUT2D eigenvalue weighted by Crippen LogP contribution is -2.11. The Morgan fingerprint density at radius 1 is 1.26 bits per heavy atom. The van der Waals surface area contributed by atoms with Crippen molar-refractivity contribution in [2.24, 2.45) is 5.14 Å². The first kappa shape index (κ1) is 13.6. The molecule has 6 nitrogen and oxygen atoms in total. The maximum absolute atomic E-state index is 11.1. The molecule has 0 spiro atoms. The monoisotopic (exact) mass is 281 g/mol. The molecule has 2 N–H and O–H groups in total. The topological polar surface area (TPSA) is 87.2 Å². The number of benzene rings is 1. The number of sulfonamides is 1. The van der Waals surface area contributed by atoms with E-state index in [4.69, 9.17) is 9.88 Å². The first-order valence-corrected chi connectivity index (χ1v) is 7.32. The van der Waals surface area contributed by atoms with Gasteiger partial charge in [-0.1, -0.05) is 0 Å². The van der Waals surface area contributed by atoms with Crippen LogP contribution < -0.4 is 9.88 Å². The average Bonchev–Trinajstić information content (AvgIpc) is 2.87. The summed E-state index contributed by atoms with van der Waals surface area (Å²) < 4.78 is 29.6. The lowest BCUT2D eigenvalue weighted by atomic mass is 10.3. The van der Waals surface area contributed by atoms with Gasteiger partial charge in [-0.3, -0.25) is 0 Å². The largest absolute Gasteiger partial charge is 0.494 e. The summed E-state index contributed by atoms with van der Waals surface area (Å²) in [5, 5.41) is 5.01. The minimum absolute atomic E-state index is 0.0817. The molecule has 0 amide bonds. The Morgan fingerprint density at radius 3 is 2.58 bits per heavy atom. The Morgan fingerprint density at radius 2 is 2.00 bits per heavy atom. The molecule has 0 aliphatic carbocycles. The Hall–Kier alpha value is -1.86. The molecule has 0 aliphatic rings. The van der Waals surface area contributed by atoms with Gasteiger partial charge in [-0.05, 0) is 30.7 Å². The number of rotatable bonds is 6. The van der Waals surface area contributed by atoms with E-state index < -0.39 is 10.0 Å². The standard InChI is InChI=1S/C12H15N3O3S/c13-19(16,17)12-4-2-11(3-5-12)18-9-1-7-15-8-6-14-10-15/h2-6,8,10H,1,7,9H2,(H2,13,16,17). The fourth-order valence-corrected chi connectivity index (χ4v) is 2.10. The van der Waals surface area contributed by atoms with Crippen LogP contribution in [0.25, 0.3) is 0 Å². The van der Waals surface area contributed by atoms with Crippen LogP contribution in [0.2, 0.25) is 0 Å². The first-order chi connectivity index (χ1) is 9.05. The molecule has 0 saturated heterocycles. The quantitative estimate of drug-likeness (QED) is 0.800. The SMILES string of the molecule is NS(=O)(=O)c1ccc(OCCCn2ccnc2)cc1. The molecule has 0 bridgehead atoms. The summed E-state index contributed by atoms with van der Waals surface area (Å²) in [5.41, 5.74) is 0. The Bertz CT molecular complexity index is 606. The summed E-state index contributed by atoms with van der Waals surface area (Å²) in [5.74, 6) is 0.623. The molecule has 1 aromatic carbocycles. The lowest BCUT2D eigenvalue weighted by Gasteiger charge is -2.07. The number of nitrogens with zero attached hydrogens (tertiary/aromatic N) is 2. The van der Waals surface area contributed by atoms with Gasteiger partial charge in [0.15, 0.2) is 0 Å². The maximum Gasteiger partial charge on any atom is 0.238 e. The molecular weight excluding hydrogens is 266 g/mol. The van der Waals surface area contributed by atoms with Crippen LogP contribution in [0.15, 0.2) is 47.9 Å². The summed E-state index contributed by atoms with van der Waals surface area (Å²) in [6.45, 7) is 1.38. The fraction of sp³-hybridized carbons (Fsp3) is 0.250. The fourth-order valence-electron chi connectivity index (χ4n) is 1.58. The number of primary sulfonamides is 1. The van der Waals surface area contributed by atoms with Crippen molar-refractivity contribution in [2.75, 3.05) is 6.61 Å². The highest BCUT2D eigenvalue weighted by atomic mass is 32.2. The van der Waals surface area contributed by atoms with E-state index in [1.807, 2.05) is 10.8 Å². The molecule has 0 radical (unpaired) electrons. The van der Waals surface area contributed by atoms with Crippen molar-refractivity contribution in [1.29, 1.82) is 0 Å². The Balaban J connectivity index is 1.80. The van der Waals surface area contributed by atoms with Crippen LogP contribution in [-0.4, -0.2) is 24.6 Å². The molecule has 0 saturated carbocycles. The second-order valence-corrected chi connectivity index (χ2v) is 5.58. The van der Waals surface area contributed by atoms with Crippen LogP contribution in [0.5, 0.6) is 5.75 Å². The van der Waals surface area contributed by atoms with Gasteiger partial charge in [-0.15, -0.1) is 0 Å². The summed E-state index contributed by atoms with van der Waals surface area (Å²) >= 11 is 0. The molecular formula is C12H15N3O3S. The number of ether oxygens (including phenoxy) is 1. The summed E-state index contributed by atoms with van der Waals surface area (Å²) in [4.78, 5) is 4.03. The van der Waals surface area contributed by atoms with Gasteiger partial charge < -0.3 is 9.30 Å². The van der Waals surface area contributed by atoms with E-state index in [0.29, 0.717) is 12.4 Å². The van der Waals surface area contributed by atoms with Crippen molar-refractivity contribution < 1.29 is 13.2 Å². The van der Waals surface area contributed by atoms with E-state index in [1.54, 1.807) is 24.7 Å². The Labute approximate surface area is 111 Å². The van der Waals surface area contributed by atoms with E-state index in [9.17, 15) is 8.42 Å². The third-order valence-electron chi connectivity index (χ3n) is 2.54. The predicted octanol–water partition coefficient (Wildman–Crippen LogP) is 1.000. The number of hydrogen-bond acceptors (Lipinski definition) is 4. The Kier molecular flexibility index (Phi) is 4.18. The van der Waals surface area contributed by atoms with Gasteiger partial charge in [-0.2, -0.15) is 0 Å². The molecule has 2 rings (SSSR count). The van der Waals surface area contributed by atoms with Crippen LogP contribution in [0.4, 0.5) is 0 Å². The van der Waals surface area contributed by atoms with Gasteiger partial charge in [0.25, 0.3) is 0 Å². The van der Waals surface area contributed by atoms with Gasteiger partial charge >= 0.3 is 0 Å². The number of nitrogens with two attached hydrogens (primary N) is 1. The van der Waals surface area contributed by atoms with Crippen molar-refractivity contribution in [3.63, 3.8) is 0 Å². The summed E-state index contributed by atoms with van der Waals surface area (Å²) in [6, 6.07) is 6.05. The minimum atomic E-state index is -3.64. The molecule has 1 heterocycles. The minimum Gasteiger partial charge on any atom is -0.494 e. The van der Waals surface area contributed by atoms with Crippen LogP contribution >= 0.6 is 0 Å². The van der Waals surface area contributed by atoms with Gasteiger partial charge in [0.2, 0.25) is 10.0 Å². The molecule has 0 atom stereocenters. The number of aromatic nitrogens is 2. The summed E-state index contributed by atoms with van der Waals surface area (Å²) in [7, 11) is -3.64. The zero-order chi connectivity index (χ0) is 13.7. The van der Waals surface area contributed by atoms with E-state index in [1.165, 1.54) is 12.1 Å². The van der Waals surface area contributed by atoms with Crippen molar-refractivity contribution in [3.05, 3.63) is 43.0 Å². The number of hydrogen-bond donors (Lipinski definition) is 1. The second kappa shape index (κ2) is 5.85. The smallest absolute Gasteiger partial charge is 0.238 e. The van der Waals surface area contributed by atoms with E-state index >= 15 is 0 Å². The molecule has 2 aromatic rings. The molecule has 7 heteroatoms. The van der Waals surface area contributed by atoms with Crippen LogP contribution in [0, 0.1) is 0 Å². The van der Waals surface area contributed by atoms with Gasteiger partial charge in [-0.25, -0.2) is 18.5 Å². The van der Waals surface area contributed by atoms with E-state index in [2.05, 4.69) is 4.98 Å². The molecule has 0 fully saturated rings. The van der Waals surface area contributed by atoms with Crippen LogP contribution in [-0.2, 0) is 16.6 Å². The van der Waals surface area contributed by atoms with E-state index in [-0.39, 0.29) is 4.90 Å². The number of imidazole rings is 1. The van der Waals surface area contributed by atoms with Gasteiger partial charge in [0, 0.05) is 18.9 Å². The zero-order valence-corrected chi connectivity index (χ0v) is 11.1. The third-order valence-corrected chi connectivity index (χ3v) is 3.47. The molecule has 19 heavy (non-hydrogen) atoms. The molecule has 0 unspecified atom stereocenters. The predicted molar refractivity (Wildman–Crippen MR) is 70.2 cm³/mol. The zero-order valence-electron chi connectivity index (χ0n) is 10.3.